The maximum Gasteiger partial charge on any atom is 0.291 e. The normalized spacial score (nSPS) is 10.1. The zero-order valence-electron chi connectivity index (χ0n) is 10.3. The molecule has 3 N–H and O–H groups in total. The number of amides is 1. The van der Waals surface area contributed by atoms with E-state index in [1.165, 1.54) is 0 Å². The summed E-state index contributed by atoms with van der Waals surface area (Å²) in [6.45, 7) is 0.151. The van der Waals surface area contributed by atoms with E-state index < -0.39 is 0 Å². The van der Waals surface area contributed by atoms with E-state index in [1.807, 2.05) is 0 Å². The maximum atomic E-state index is 11.9. The SMILES string of the molecule is NC(=S)COc1cccc(NC(=O)c2ccc(Br)o2)c1. The van der Waals surface area contributed by atoms with Crippen LogP contribution < -0.4 is 15.8 Å². The Kier molecular flexibility index (Phi) is 4.75. The van der Waals surface area contributed by atoms with Crippen molar-refractivity contribution in [3.8, 4) is 5.75 Å². The average molecular weight is 355 g/mol. The second kappa shape index (κ2) is 6.53. The first-order valence-electron chi connectivity index (χ1n) is 5.62. The van der Waals surface area contributed by atoms with Crippen molar-refractivity contribution in [3.63, 3.8) is 0 Å². The molecular weight excluding hydrogens is 344 g/mol. The highest BCUT2D eigenvalue weighted by atomic mass is 79.9. The van der Waals surface area contributed by atoms with Gasteiger partial charge < -0.3 is 20.2 Å². The first-order chi connectivity index (χ1) is 9.54. The minimum Gasteiger partial charge on any atom is -0.486 e. The summed E-state index contributed by atoms with van der Waals surface area (Å²) in [6.07, 6.45) is 0. The third-order valence-electron chi connectivity index (χ3n) is 2.27. The molecule has 0 unspecified atom stereocenters. The number of carbonyl (C=O) groups excluding carboxylic acids is 1. The van der Waals surface area contributed by atoms with Crippen LogP contribution in [0, 0.1) is 0 Å². The van der Waals surface area contributed by atoms with Gasteiger partial charge in [-0.2, -0.15) is 0 Å². The zero-order chi connectivity index (χ0) is 14.5. The standard InChI is InChI=1S/C13H11BrN2O3S/c14-11-5-4-10(19-11)13(17)16-8-2-1-3-9(6-8)18-7-12(15)20/h1-6H,7H2,(H2,15,20)(H,16,17). The number of benzene rings is 1. The van der Waals surface area contributed by atoms with Crippen molar-refractivity contribution >= 4 is 44.7 Å². The number of furan rings is 1. The van der Waals surface area contributed by atoms with Crippen LogP contribution in [0.25, 0.3) is 0 Å². The number of hydrogen-bond donors (Lipinski definition) is 2. The summed E-state index contributed by atoms with van der Waals surface area (Å²) in [5.41, 5.74) is 5.94. The van der Waals surface area contributed by atoms with E-state index in [2.05, 4.69) is 21.2 Å². The monoisotopic (exact) mass is 354 g/mol. The van der Waals surface area contributed by atoms with Crippen molar-refractivity contribution in [1.29, 1.82) is 0 Å². The number of carbonyl (C=O) groups is 1. The fourth-order valence-electron chi connectivity index (χ4n) is 1.45. The van der Waals surface area contributed by atoms with Crippen LogP contribution in [0.3, 0.4) is 0 Å². The molecule has 0 bridgehead atoms. The summed E-state index contributed by atoms with van der Waals surface area (Å²) in [4.78, 5) is 12.2. The predicted molar refractivity (Wildman–Crippen MR) is 83.1 cm³/mol. The number of nitrogens with two attached hydrogens (primary N) is 1. The summed E-state index contributed by atoms with van der Waals surface area (Å²) in [6, 6.07) is 10.1. The number of thiocarbonyl (C=S) groups is 1. The van der Waals surface area contributed by atoms with Gasteiger partial charge >= 0.3 is 0 Å². The van der Waals surface area contributed by atoms with E-state index in [9.17, 15) is 4.79 Å². The van der Waals surface area contributed by atoms with Gasteiger partial charge in [-0.15, -0.1) is 0 Å². The molecule has 0 saturated carbocycles. The average Bonchev–Trinajstić information content (AvgIpc) is 2.84. The van der Waals surface area contributed by atoms with Crippen LogP contribution in [0.5, 0.6) is 5.75 Å². The molecule has 0 atom stereocenters. The number of hydrogen-bond acceptors (Lipinski definition) is 4. The van der Waals surface area contributed by atoms with Crippen LogP contribution in [0.1, 0.15) is 10.6 Å². The summed E-state index contributed by atoms with van der Waals surface area (Å²) in [5.74, 6) is 0.435. The van der Waals surface area contributed by atoms with Crippen molar-refractivity contribution in [2.75, 3.05) is 11.9 Å². The first kappa shape index (κ1) is 14.5. The van der Waals surface area contributed by atoms with Gasteiger partial charge in [0.05, 0.1) is 0 Å². The highest BCUT2D eigenvalue weighted by Gasteiger charge is 2.10. The third-order valence-corrected chi connectivity index (χ3v) is 2.81. The molecule has 0 spiro atoms. The molecule has 1 amide bonds. The topological polar surface area (TPSA) is 77.5 Å². The van der Waals surface area contributed by atoms with Gasteiger partial charge in [-0.1, -0.05) is 18.3 Å². The van der Waals surface area contributed by atoms with Crippen LogP contribution in [0.4, 0.5) is 5.69 Å². The van der Waals surface area contributed by atoms with Gasteiger partial charge in [0.2, 0.25) is 0 Å². The molecule has 20 heavy (non-hydrogen) atoms. The van der Waals surface area contributed by atoms with Gasteiger partial charge in [0.15, 0.2) is 10.4 Å². The second-order valence-electron chi connectivity index (χ2n) is 3.84. The third kappa shape index (κ3) is 4.07. The van der Waals surface area contributed by atoms with E-state index in [1.54, 1.807) is 36.4 Å². The Morgan fingerprint density at radius 2 is 2.20 bits per heavy atom. The molecule has 1 aromatic carbocycles. The maximum absolute atomic E-state index is 11.9. The molecule has 0 aliphatic rings. The smallest absolute Gasteiger partial charge is 0.291 e. The molecule has 0 radical (unpaired) electrons. The quantitative estimate of drug-likeness (QED) is 0.807. The molecule has 0 aliphatic carbocycles. The second-order valence-corrected chi connectivity index (χ2v) is 5.15. The van der Waals surface area contributed by atoms with Crippen LogP contribution in [-0.4, -0.2) is 17.5 Å². The Hall–Kier alpha value is -1.86. The highest BCUT2D eigenvalue weighted by Crippen LogP contribution is 2.19. The first-order valence-corrected chi connectivity index (χ1v) is 6.82. The summed E-state index contributed by atoms with van der Waals surface area (Å²) >= 11 is 7.87. The number of rotatable bonds is 5. The van der Waals surface area contributed by atoms with Gasteiger partial charge in [0, 0.05) is 11.8 Å². The Morgan fingerprint density at radius 1 is 1.40 bits per heavy atom. The van der Waals surface area contributed by atoms with E-state index >= 15 is 0 Å². The fraction of sp³-hybridized carbons (Fsp3) is 0.0769. The molecule has 0 aliphatic heterocycles. The number of nitrogens with one attached hydrogen (secondary N) is 1. The van der Waals surface area contributed by atoms with Gasteiger partial charge in [-0.05, 0) is 40.2 Å². The van der Waals surface area contributed by atoms with Gasteiger partial charge in [0.25, 0.3) is 5.91 Å². The van der Waals surface area contributed by atoms with Crippen molar-refractivity contribution in [2.45, 2.75) is 0 Å². The molecule has 0 fully saturated rings. The van der Waals surface area contributed by atoms with E-state index in [0.717, 1.165) is 0 Å². The van der Waals surface area contributed by atoms with Gasteiger partial charge in [-0.3, -0.25) is 4.79 Å². The van der Waals surface area contributed by atoms with Crippen molar-refractivity contribution < 1.29 is 13.9 Å². The minimum absolute atomic E-state index is 0.151. The molecule has 5 nitrogen and oxygen atoms in total. The predicted octanol–water partition coefficient (Wildman–Crippen LogP) is 2.96. The van der Waals surface area contributed by atoms with Crippen molar-refractivity contribution in [3.05, 3.63) is 46.8 Å². The lowest BCUT2D eigenvalue weighted by Crippen LogP contribution is -2.18. The van der Waals surface area contributed by atoms with Gasteiger partial charge in [-0.25, -0.2) is 0 Å². The Bertz CT molecular complexity index is 642. The number of halogens is 1. The van der Waals surface area contributed by atoms with Crippen molar-refractivity contribution in [1.82, 2.24) is 0 Å². The molecule has 104 valence electrons. The zero-order valence-corrected chi connectivity index (χ0v) is 12.7. The van der Waals surface area contributed by atoms with Gasteiger partial charge in [0.1, 0.15) is 17.3 Å². The van der Waals surface area contributed by atoms with E-state index in [4.69, 9.17) is 27.1 Å². The fourth-order valence-corrected chi connectivity index (χ4v) is 1.81. The Balaban J connectivity index is 2.04. The highest BCUT2D eigenvalue weighted by molar-refractivity contribution is 9.10. The van der Waals surface area contributed by atoms with E-state index in [-0.39, 0.29) is 23.3 Å². The van der Waals surface area contributed by atoms with E-state index in [0.29, 0.717) is 16.1 Å². The number of anilines is 1. The van der Waals surface area contributed by atoms with Crippen LogP contribution in [0.2, 0.25) is 0 Å². The minimum atomic E-state index is -0.345. The Morgan fingerprint density at radius 3 is 2.85 bits per heavy atom. The lowest BCUT2D eigenvalue weighted by atomic mass is 10.3. The molecule has 7 heteroatoms. The lowest BCUT2D eigenvalue weighted by molar-refractivity contribution is 0.0995. The van der Waals surface area contributed by atoms with Crippen LogP contribution >= 0.6 is 28.1 Å². The lowest BCUT2D eigenvalue weighted by Gasteiger charge is -2.07. The summed E-state index contributed by atoms with van der Waals surface area (Å²) in [5, 5.41) is 2.70. The molecule has 1 aromatic heterocycles. The molecule has 1 heterocycles. The summed E-state index contributed by atoms with van der Waals surface area (Å²) < 4.78 is 11.0. The number of ether oxygens (including phenoxy) is 1. The molecule has 2 aromatic rings. The van der Waals surface area contributed by atoms with Crippen LogP contribution in [0.15, 0.2) is 45.5 Å². The Labute approximate surface area is 129 Å². The molecular formula is C13H11BrN2O3S. The molecule has 0 saturated heterocycles. The van der Waals surface area contributed by atoms with Crippen LogP contribution in [-0.2, 0) is 0 Å². The van der Waals surface area contributed by atoms with Crippen molar-refractivity contribution in [2.24, 2.45) is 5.73 Å². The largest absolute Gasteiger partial charge is 0.486 e. The molecule has 2 rings (SSSR count). The summed E-state index contributed by atoms with van der Waals surface area (Å²) in [7, 11) is 0.